The van der Waals surface area contributed by atoms with E-state index in [1.165, 1.54) is 0 Å². The van der Waals surface area contributed by atoms with Gasteiger partial charge < -0.3 is 19.2 Å². The number of aliphatic hydroxyl groups excluding tert-OH is 1. The smallest absolute Gasteiger partial charge is 0.289 e. The molecule has 1 aromatic heterocycles. The monoisotopic (exact) mass is 307 g/mol. The first-order valence-electron chi connectivity index (χ1n) is 8.28. The van der Waals surface area contributed by atoms with Gasteiger partial charge in [0.25, 0.3) is 5.91 Å². The molecule has 0 radical (unpaired) electrons. The van der Waals surface area contributed by atoms with Crippen LogP contribution in [0.3, 0.4) is 0 Å². The first kappa shape index (κ1) is 15.6. The first-order chi connectivity index (χ1) is 10.6. The Labute approximate surface area is 131 Å². The molecule has 1 aliphatic heterocycles. The van der Waals surface area contributed by atoms with Crippen LogP contribution < -0.4 is 0 Å². The molecule has 0 aromatic carbocycles. The lowest BCUT2D eigenvalue weighted by Crippen LogP contribution is -2.62. The van der Waals surface area contributed by atoms with E-state index in [-0.39, 0.29) is 23.5 Å². The highest BCUT2D eigenvalue weighted by atomic mass is 16.5. The van der Waals surface area contributed by atoms with Gasteiger partial charge in [-0.1, -0.05) is 6.92 Å². The number of amides is 1. The second-order valence-corrected chi connectivity index (χ2v) is 6.34. The number of aliphatic hydroxyl groups is 1. The van der Waals surface area contributed by atoms with Crippen LogP contribution in [0.1, 0.15) is 49.4 Å². The predicted octanol–water partition coefficient (Wildman–Crippen LogP) is 2.23. The molecule has 0 unspecified atom stereocenters. The van der Waals surface area contributed by atoms with Gasteiger partial charge in [-0.2, -0.15) is 0 Å². The summed E-state index contributed by atoms with van der Waals surface area (Å²) < 4.78 is 11.3. The van der Waals surface area contributed by atoms with Crippen LogP contribution in [0, 0.1) is 5.41 Å². The van der Waals surface area contributed by atoms with Crippen molar-refractivity contribution in [2.75, 3.05) is 19.7 Å². The van der Waals surface area contributed by atoms with Crippen LogP contribution >= 0.6 is 0 Å². The molecule has 2 heterocycles. The van der Waals surface area contributed by atoms with E-state index < -0.39 is 0 Å². The van der Waals surface area contributed by atoms with E-state index in [2.05, 4.69) is 0 Å². The molecule has 2 fully saturated rings. The van der Waals surface area contributed by atoms with E-state index in [0.717, 1.165) is 31.4 Å². The average Bonchev–Trinajstić information content (AvgIpc) is 3.03. The average molecular weight is 307 g/mol. The summed E-state index contributed by atoms with van der Waals surface area (Å²) >= 11 is 0. The van der Waals surface area contributed by atoms with Crippen molar-refractivity contribution in [2.24, 2.45) is 5.41 Å². The lowest BCUT2D eigenvalue weighted by atomic mass is 9.58. The summed E-state index contributed by atoms with van der Waals surface area (Å²) in [4.78, 5) is 14.3. The number of hydrogen-bond acceptors (Lipinski definition) is 4. The van der Waals surface area contributed by atoms with E-state index in [4.69, 9.17) is 9.15 Å². The van der Waals surface area contributed by atoms with Crippen LogP contribution in [0.2, 0.25) is 0 Å². The molecule has 1 aliphatic carbocycles. The van der Waals surface area contributed by atoms with Gasteiger partial charge in [0.2, 0.25) is 0 Å². The molecule has 122 valence electrons. The summed E-state index contributed by atoms with van der Waals surface area (Å²) in [5.41, 5.74) is -0.148. The van der Waals surface area contributed by atoms with Gasteiger partial charge in [0.1, 0.15) is 5.76 Å². The van der Waals surface area contributed by atoms with E-state index in [9.17, 15) is 9.90 Å². The summed E-state index contributed by atoms with van der Waals surface area (Å²) in [6.45, 7) is 5.97. The molecule has 1 N–H and O–H groups in total. The Bertz CT molecular complexity index is 529. The predicted molar refractivity (Wildman–Crippen MR) is 81.7 cm³/mol. The molecular formula is C17H25NO4. The van der Waals surface area contributed by atoms with Crippen LogP contribution in [-0.4, -0.2) is 47.8 Å². The largest absolute Gasteiger partial charge is 0.456 e. The van der Waals surface area contributed by atoms with E-state index in [1.807, 2.05) is 24.8 Å². The number of piperidine rings is 1. The van der Waals surface area contributed by atoms with Crippen molar-refractivity contribution in [3.05, 3.63) is 23.7 Å². The van der Waals surface area contributed by atoms with Gasteiger partial charge in [-0.05, 0) is 31.9 Å². The Kier molecular flexibility index (Phi) is 4.28. The molecule has 22 heavy (non-hydrogen) atoms. The summed E-state index contributed by atoms with van der Waals surface area (Å²) in [5, 5.41) is 10.2. The number of aryl methyl sites for hydroxylation is 1. The fourth-order valence-corrected chi connectivity index (χ4v) is 3.78. The Morgan fingerprint density at radius 2 is 2.14 bits per heavy atom. The normalized spacial score (nSPS) is 27.0. The van der Waals surface area contributed by atoms with Gasteiger partial charge in [0.05, 0.1) is 12.2 Å². The molecule has 1 amide bonds. The van der Waals surface area contributed by atoms with Crippen molar-refractivity contribution < 1.29 is 19.1 Å². The van der Waals surface area contributed by atoms with Crippen LogP contribution in [0.25, 0.3) is 0 Å². The molecule has 1 aromatic rings. The number of hydrogen-bond donors (Lipinski definition) is 1. The number of likely N-dealkylation sites (tertiary alicyclic amines) is 1. The molecule has 1 saturated carbocycles. The fraction of sp³-hybridized carbons (Fsp3) is 0.706. The highest BCUT2D eigenvalue weighted by molar-refractivity contribution is 5.91. The number of carbonyl (C=O) groups is 1. The summed E-state index contributed by atoms with van der Waals surface area (Å²) in [5.74, 6) is 1.21. The van der Waals surface area contributed by atoms with Gasteiger partial charge in [-0.15, -0.1) is 0 Å². The Hall–Kier alpha value is -1.33. The first-order valence-corrected chi connectivity index (χ1v) is 8.28. The second kappa shape index (κ2) is 6.05. The third-order valence-electron chi connectivity index (χ3n) is 5.31. The fourth-order valence-electron chi connectivity index (χ4n) is 3.78. The lowest BCUT2D eigenvalue weighted by Gasteiger charge is -2.56. The quantitative estimate of drug-likeness (QED) is 0.926. The third kappa shape index (κ3) is 2.46. The maximum absolute atomic E-state index is 12.5. The standard InChI is InChI=1S/C17H25NO4/c1-3-12-5-6-13(22-12)16(20)18-9-7-17(8-10-18)14(19)11-15(17)21-4-2/h5-6,14-15,19H,3-4,7-11H2,1-2H3/t14-,15+/m1/s1. The maximum Gasteiger partial charge on any atom is 0.289 e. The number of carbonyl (C=O) groups excluding carboxylic acids is 1. The zero-order chi connectivity index (χ0) is 15.7. The zero-order valence-electron chi connectivity index (χ0n) is 13.4. The van der Waals surface area contributed by atoms with Gasteiger partial charge in [-0.25, -0.2) is 0 Å². The molecule has 5 heteroatoms. The number of nitrogens with zero attached hydrogens (tertiary/aromatic N) is 1. The molecule has 1 saturated heterocycles. The van der Waals surface area contributed by atoms with Crippen LogP contribution in [0.4, 0.5) is 0 Å². The SMILES string of the molecule is CCO[C@H]1C[C@@H](O)C12CCN(C(=O)c1ccc(CC)o1)CC2. The number of rotatable bonds is 4. The highest BCUT2D eigenvalue weighted by Crippen LogP contribution is 2.51. The van der Waals surface area contributed by atoms with E-state index >= 15 is 0 Å². The minimum atomic E-state index is -0.295. The van der Waals surface area contributed by atoms with Crippen molar-refractivity contribution in [3.8, 4) is 0 Å². The van der Waals surface area contributed by atoms with Gasteiger partial charge in [-0.3, -0.25) is 4.79 Å². The van der Waals surface area contributed by atoms with Gasteiger partial charge in [0, 0.05) is 38.0 Å². The molecular weight excluding hydrogens is 282 g/mol. The summed E-state index contributed by atoms with van der Waals surface area (Å²) in [6.07, 6.45) is 2.95. The summed E-state index contributed by atoms with van der Waals surface area (Å²) in [7, 11) is 0. The topological polar surface area (TPSA) is 62.9 Å². The Morgan fingerprint density at radius 1 is 1.41 bits per heavy atom. The van der Waals surface area contributed by atoms with Gasteiger partial charge in [0.15, 0.2) is 5.76 Å². The van der Waals surface area contributed by atoms with Crippen LogP contribution in [0.15, 0.2) is 16.5 Å². The highest BCUT2D eigenvalue weighted by Gasteiger charge is 2.56. The molecule has 2 atom stereocenters. The Balaban J connectivity index is 1.62. The van der Waals surface area contributed by atoms with E-state index in [0.29, 0.717) is 25.5 Å². The second-order valence-electron chi connectivity index (χ2n) is 6.34. The van der Waals surface area contributed by atoms with Crippen molar-refractivity contribution in [1.82, 2.24) is 4.90 Å². The zero-order valence-corrected chi connectivity index (χ0v) is 13.4. The van der Waals surface area contributed by atoms with Crippen molar-refractivity contribution in [2.45, 2.75) is 51.7 Å². The molecule has 3 rings (SSSR count). The number of ether oxygens (including phenoxy) is 1. The maximum atomic E-state index is 12.5. The van der Waals surface area contributed by atoms with Crippen molar-refractivity contribution in [1.29, 1.82) is 0 Å². The van der Waals surface area contributed by atoms with Crippen LogP contribution in [0.5, 0.6) is 0 Å². The van der Waals surface area contributed by atoms with Crippen LogP contribution in [-0.2, 0) is 11.2 Å². The van der Waals surface area contributed by atoms with E-state index in [1.54, 1.807) is 6.07 Å². The lowest BCUT2D eigenvalue weighted by molar-refractivity contribution is -0.207. The van der Waals surface area contributed by atoms with Gasteiger partial charge >= 0.3 is 0 Å². The van der Waals surface area contributed by atoms with Crippen molar-refractivity contribution in [3.63, 3.8) is 0 Å². The molecule has 1 spiro atoms. The molecule has 5 nitrogen and oxygen atoms in total. The minimum Gasteiger partial charge on any atom is -0.456 e. The molecule has 2 aliphatic rings. The third-order valence-corrected chi connectivity index (χ3v) is 5.31. The van der Waals surface area contributed by atoms with Crippen molar-refractivity contribution >= 4 is 5.91 Å². The Morgan fingerprint density at radius 3 is 2.68 bits per heavy atom. The summed E-state index contributed by atoms with van der Waals surface area (Å²) in [6, 6.07) is 3.62. The molecule has 0 bridgehead atoms. The number of furan rings is 1. The minimum absolute atomic E-state index is 0.0451.